The van der Waals surface area contributed by atoms with E-state index in [0.29, 0.717) is 5.75 Å². The molecule has 0 bridgehead atoms. The molecule has 2 aromatic rings. The third-order valence-electron chi connectivity index (χ3n) is 2.06. The first-order valence-electron chi connectivity index (χ1n) is 4.80. The number of hydrogen-bond acceptors (Lipinski definition) is 2. The van der Waals surface area contributed by atoms with Crippen LogP contribution in [0.1, 0.15) is 5.56 Å². The molecule has 0 radical (unpaired) electrons. The van der Waals surface area contributed by atoms with Gasteiger partial charge in [0, 0.05) is 10.6 Å². The van der Waals surface area contributed by atoms with Crippen molar-refractivity contribution < 1.29 is 5.11 Å². The van der Waals surface area contributed by atoms with Crippen molar-refractivity contribution in [3.05, 3.63) is 60.2 Å². The molecule has 2 rings (SSSR count). The highest BCUT2D eigenvalue weighted by atomic mass is 32.2. The van der Waals surface area contributed by atoms with Gasteiger partial charge >= 0.3 is 0 Å². The number of phenols is 1. The van der Waals surface area contributed by atoms with Crippen LogP contribution in [0.3, 0.4) is 0 Å². The SMILES string of the molecule is Oc1cccc(CSc2ccccc2)c1. The minimum atomic E-state index is 0.334. The summed E-state index contributed by atoms with van der Waals surface area (Å²) >= 11 is 1.77. The van der Waals surface area contributed by atoms with E-state index in [2.05, 4.69) is 12.1 Å². The lowest BCUT2D eigenvalue weighted by molar-refractivity contribution is 0.475. The van der Waals surface area contributed by atoms with E-state index >= 15 is 0 Å². The molecule has 0 aliphatic rings. The minimum absolute atomic E-state index is 0.334. The van der Waals surface area contributed by atoms with E-state index in [0.717, 1.165) is 11.3 Å². The van der Waals surface area contributed by atoms with Crippen LogP contribution >= 0.6 is 11.8 Å². The second-order valence-corrected chi connectivity index (χ2v) is 4.32. The first kappa shape index (κ1) is 10.1. The van der Waals surface area contributed by atoms with Crippen LogP contribution in [0, 0.1) is 0 Å². The van der Waals surface area contributed by atoms with Crippen LogP contribution in [0.4, 0.5) is 0 Å². The van der Waals surface area contributed by atoms with Crippen molar-refractivity contribution in [3.63, 3.8) is 0 Å². The summed E-state index contributed by atoms with van der Waals surface area (Å²) in [5, 5.41) is 9.30. The highest BCUT2D eigenvalue weighted by molar-refractivity contribution is 7.98. The molecular formula is C13H12OS. The highest BCUT2D eigenvalue weighted by Gasteiger charge is 1.96. The summed E-state index contributed by atoms with van der Waals surface area (Å²) in [5.41, 5.74) is 1.14. The molecule has 0 spiro atoms. The standard InChI is InChI=1S/C13H12OS/c14-12-6-4-5-11(9-12)10-15-13-7-2-1-3-8-13/h1-9,14H,10H2. The van der Waals surface area contributed by atoms with Crippen LogP contribution in [-0.4, -0.2) is 5.11 Å². The summed E-state index contributed by atoms with van der Waals surface area (Å²) in [7, 11) is 0. The fourth-order valence-corrected chi connectivity index (χ4v) is 2.19. The van der Waals surface area contributed by atoms with Gasteiger partial charge in [-0.3, -0.25) is 0 Å². The topological polar surface area (TPSA) is 20.2 Å². The summed E-state index contributed by atoms with van der Waals surface area (Å²) in [4.78, 5) is 1.25. The molecule has 0 amide bonds. The van der Waals surface area contributed by atoms with Crippen molar-refractivity contribution >= 4 is 11.8 Å². The molecule has 0 unspecified atom stereocenters. The van der Waals surface area contributed by atoms with Gasteiger partial charge in [0.05, 0.1) is 0 Å². The molecule has 76 valence electrons. The molecule has 0 aliphatic heterocycles. The second kappa shape index (κ2) is 4.89. The minimum Gasteiger partial charge on any atom is -0.508 e. The molecule has 1 nitrogen and oxygen atoms in total. The Bertz CT molecular complexity index is 426. The maximum Gasteiger partial charge on any atom is 0.115 e. The largest absolute Gasteiger partial charge is 0.508 e. The predicted octanol–water partition coefficient (Wildman–Crippen LogP) is 3.68. The van der Waals surface area contributed by atoms with Gasteiger partial charge in [-0.15, -0.1) is 11.8 Å². The van der Waals surface area contributed by atoms with Gasteiger partial charge in [-0.1, -0.05) is 30.3 Å². The number of aromatic hydroxyl groups is 1. The van der Waals surface area contributed by atoms with E-state index in [1.165, 1.54) is 4.90 Å². The molecule has 0 heterocycles. The quantitative estimate of drug-likeness (QED) is 0.790. The fourth-order valence-electron chi connectivity index (χ4n) is 1.33. The summed E-state index contributed by atoms with van der Waals surface area (Å²) in [6, 6.07) is 17.6. The van der Waals surface area contributed by atoms with Crippen LogP contribution in [0.2, 0.25) is 0 Å². The van der Waals surface area contributed by atoms with Gasteiger partial charge in [0.25, 0.3) is 0 Å². The third-order valence-corrected chi connectivity index (χ3v) is 3.14. The lowest BCUT2D eigenvalue weighted by Crippen LogP contribution is -1.79. The number of rotatable bonds is 3. The zero-order valence-electron chi connectivity index (χ0n) is 8.26. The van der Waals surface area contributed by atoms with Gasteiger partial charge < -0.3 is 5.11 Å². The maximum absolute atomic E-state index is 9.30. The Hall–Kier alpha value is -1.41. The van der Waals surface area contributed by atoms with E-state index in [4.69, 9.17) is 0 Å². The Labute approximate surface area is 93.8 Å². The molecule has 0 saturated heterocycles. The first-order chi connectivity index (χ1) is 7.34. The predicted molar refractivity (Wildman–Crippen MR) is 64.1 cm³/mol. The Morgan fingerprint density at radius 3 is 2.47 bits per heavy atom. The summed E-state index contributed by atoms with van der Waals surface area (Å²) < 4.78 is 0. The maximum atomic E-state index is 9.30. The number of phenolic OH excluding ortho intramolecular Hbond substituents is 1. The number of hydrogen-bond donors (Lipinski definition) is 1. The summed E-state index contributed by atoms with van der Waals surface area (Å²) in [6.07, 6.45) is 0. The van der Waals surface area contributed by atoms with Crippen molar-refractivity contribution in [1.29, 1.82) is 0 Å². The van der Waals surface area contributed by atoms with E-state index in [1.807, 2.05) is 30.3 Å². The van der Waals surface area contributed by atoms with Crippen LogP contribution in [-0.2, 0) is 5.75 Å². The molecule has 0 saturated carbocycles. The van der Waals surface area contributed by atoms with E-state index < -0.39 is 0 Å². The van der Waals surface area contributed by atoms with Crippen molar-refractivity contribution in [2.75, 3.05) is 0 Å². The average Bonchev–Trinajstić information content (AvgIpc) is 2.28. The van der Waals surface area contributed by atoms with Crippen molar-refractivity contribution in [2.45, 2.75) is 10.6 Å². The molecular weight excluding hydrogens is 204 g/mol. The average molecular weight is 216 g/mol. The monoisotopic (exact) mass is 216 g/mol. The van der Waals surface area contributed by atoms with Gasteiger partial charge in [-0.2, -0.15) is 0 Å². The molecule has 1 N–H and O–H groups in total. The van der Waals surface area contributed by atoms with E-state index in [-0.39, 0.29) is 0 Å². The third kappa shape index (κ3) is 3.03. The Balaban J connectivity index is 1.99. The summed E-state index contributed by atoms with van der Waals surface area (Å²) in [5.74, 6) is 1.22. The van der Waals surface area contributed by atoms with Crippen molar-refractivity contribution in [1.82, 2.24) is 0 Å². The zero-order chi connectivity index (χ0) is 10.5. The van der Waals surface area contributed by atoms with Crippen molar-refractivity contribution in [2.24, 2.45) is 0 Å². The Kier molecular flexibility index (Phi) is 3.30. The molecule has 0 fully saturated rings. The van der Waals surface area contributed by atoms with Crippen LogP contribution in [0.5, 0.6) is 5.75 Å². The van der Waals surface area contributed by atoms with E-state index in [1.54, 1.807) is 23.9 Å². The Morgan fingerprint density at radius 2 is 1.73 bits per heavy atom. The van der Waals surface area contributed by atoms with Gasteiger partial charge in [-0.05, 0) is 29.8 Å². The molecule has 0 atom stereocenters. The van der Waals surface area contributed by atoms with E-state index in [9.17, 15) is 5.11 Å². The number of thioether (sulfide) groups is 1. The van der Waals surface area contributed by atoms with Gasteiger partial charge in [-0.25, -0.2) is 0 Å². The van der Waals surface area contributed by atoms with Gasteiger partial charge in [0.2, 0.25) is 0 Å². The van der Waals surface area contributed by atoms with Gasteiger partial charge in [0.1, 0.15) is 5.75 Å². The second-order valence-electron chi connectivity index (χ2n) is 3.27. The smallest absolute Gasteiger partial charge is 0.115 e. The Morgan fingerprint density at radius 1 is 0.933 bits per heavy atom. The molecule has 15 heavy (non-hydrogen) atoms. The highest BCUT2D eigenvalue weighted by Crippen LogP contribution is 2.23. The zero-order valence-corrected chi connectivity index (χ0v) is 9.08. The normalized spacial score (nSPS) is 10.1. The number of benzene rings is 2. The lowest BCUT2D eigenvalue weighted by Gasteiger charge is -2.02. The summed E-state index contributed by atoms with van der Waals surface area (Å²) in [6.45, 7) is 0. The first-order valence-corrected chi connectivity index (χ1v) is 5.79. The molecule has 0 aliphatic carbocycles. The molecule has 2 aromatic carbocycles. The molecule has 0 aromatic heterocycles. The fraction of sp³-hybridized carbons (Fsp3) is 0.0769. The van der Waals surface area contributed by atoms with Crippen molar-refractivity contribution in [3.8, 4) is 5.75 Å². The van der Waals surface area contributed by atoms with Gasteiger partial charge in [0.15, 0.2) is 0 Å². The van der Waals surface area contributed by atoms with Crippen LogP contribution in [0.25, 0.3) is 0 Å². The van der Waals surface area contributed by atoms with Crippen LogP contribution in [0.15, 0.2) is 59.5 Å². The van der Waals surface area contributed by atoms with Crippen LogP contribution < -0.4 is 0 Å². The lowest BCUT2D eigenvalue weighted by atomic mass is 10.2. The molecule has 2 heteroatoms.